The molecule has 0 aliphatic heterocycles. The quantitative estimate of drug-likeness (QED) is 0.676. The van der Waals surface area contributed by atoms with E-state index in [2.05, 4.69) is 37.6 Å². The van der Waals surface area contributed by atoms with Crippen LogP contribution in [0.15, 0.2) is 18.7 Å². The molecule has 1 aromatic rings. The first kappa shape index (κ1) is 8.85. The summed E-state index contributed by atoms with van der Waals surface area (Å²) >= 11 is 0. The van der Waals surface area contributed by atoms with Crippen molar-refractivity contribution in [3.63, 3.8) is 0 Å². The standard InChI is InChI=1S/C11H15N/c1-4-6-10-8-9(3)12-11(10)7-5-2/h5-8,12H,2,4H2,1,3H3/b10-6-,11-7+. The number of aryl methyl sites for hydroxylation is 1. The Bertz CT molecular complexity index is 368. The van der Waals surface area contributed by atoms with Gasteiger partial charge < -0.3 is 4.98 Å². The number of H-pyrrole nitrogens is 1. The molecule has 0 amide bonds. The van der Waals surface area contributed by atoms with Gasteiger partial charge >= 0.3 is 0 Å². The summed E-state index contributed by atoms with van der Waals surface area (Å²) in [5.41, 5.74) is 1.20. The van der Waals surface area contributed by atoms with E-state index >= 15 is 0 Å². The SMILES string of the molecule is C=C/C=c1/[nH]c(C)c/c1=C/CC. The number of aromatic amines is 1. The second-order valence-electron chi connectivity index (χ2n) is 2.84. The molecule has 12 heavy (non-hydrogen) atoms. The summed E-state index contributed by atoms with van der Waals surface area (Å²) in [7, 11) is 0. The maximum Gasteiger partial charge on any atom is 0.0452 e. The van der Waals surface area contributed by atoms with E-state index in [1.807, 2.05) is 6.08 Å². The lowest BCUT2D eigenvalue weighted by Gasteiger charge is -1.78. The normalized spacial score (nSPS) is 13.8. The first-order valence-electron chi connectivity index (χ1n) is 4.26. The largest absolute Gasteiger partial charge is 0.359 e. The van der Waals surface area contributed by atoms with Gasteiger partial charge in [-0.15, -0.1) is 0 Å². The van der Waals surface area contributed by atoms with Crippen molar-refractivity contribution in [2.45, 2.75) is 20.3 Å². The Hall–Kier alpha value is -1.24. The van der Waals surface area contributed by atoms with E-state index in [0.29, 0.717) is 0 Å². The van der Waals surface area contributed by atoms with Crippen molar-refractivity contribution in [3.05, 3.63) is 35.0 Å². The van der Waals surface area contributed by atoms with Gasteiger partial charge in [0, 0.05) is 11.0 Å². The lowest BCUT2D eigenvalue weighted by molar-refractivity contribution is 1.21. The Balaban J connectivity index is 3.37. The third-order valence-corrected chi connectivity index (χ3v) is 1.72. The molecule has 64 valence electrons. The maximum atomic E-state index is 3.68. The molecule has 1 heterocycles. The molecule has 0 fully saturated rings. The van der Waals surface area contributed by atoms with Gasteiger partial charge in [-0.05, 0) is 30.7 Å². The van der Waals surface area contributed by atoms with Crippen LogP contribution in [0.2, 0.25) is 0 Å². The average molecular weight is 161 g/mol. The van der Waals surface area contributed by atoms with Gasteiger partial charge in [-0.1, -0.05) is 25.7 Å². The molecule has 0 saturated carbocycles. The van der Waals surface area contributed by atoms with Crippen LogP contribution in [0, 0.1) is 6.92 Å². The third kappa shape index (κ3) is 1.88. The van der Waals surface area contributed by atoms with Crippen LogP contribution in [0.25, 0.3) is 12.2 Å². The van der Waals surface area contributed by atoms with E-state index in [9.17, 15) is 0 Å². The second-order valence-corrected chi connectivity index (χ2v) is 2.84. The smallest absolute Gasteiger partial charge is 0.0452 e. The monoisotopic (exact) mass is 161 g/mol. The summed E-state index contributed by atoms with van der Waals surface area (Å²) in [6.45, 7) is 7.88. The van der Waals surface area contributed by atoms with E-state index < -0.39 is 0 Å². The van der Waals surface area contributed by atoms with Crippen molar-refractivity contribution in [1.82, 2.24) is 4.98 Å². The highest BCUT2D eigenvalue weighted by Crippen LogP contribution is 1.81. The highest BCUT2D eigenvalue weighted by Gasteiger charge is 1.88. The summed E-state index contributed by atoms with van der Waals surface area (Å²) in [6.07, 6.45) is 7.07. The fourth-order valence-electron chi connectivity index (χ4n) is 1.28. The fourth-order valence-corrected chi connectivity index (χ4v) is 1.28. The number of aromatic nitrogens is 1. The van der Waals surface area contributed by atoms with Crippen LogP contribution in [-0.2, 0) is 0 Å². The minimum absolute atomic E-state index is 1.06. The number of allylic oxidation sites excluding steroid dienone is 1. The highest BCUT2D eigenvalue weighted by atomic mass is 14.7. The molecule has 0 radical (unpaired) electrons. The van der Waals surface area contributed by atoms with E-state index in [-0.39, 0.29) is 0 Å². The van der Waals surface area contributed by atoms with Crippen molar-refractivity contribution in [1.29, 1.82) is 0 Å². The molecule has 0 bridgehead atoms. The molecule has 0 atom stereocenters. The maximum absolute atomic E-state index is 3.68. The van der Waals surface area contributed by atoms with Gasteiger partial charge in [0.25, 0.3) is 0 Å². The van der Waals surface area contributed by atoms with Gasteiger partial charge in [0.05, 0.1) is 0 Å². The first-order chi connectivity index (χ1) is 5.77. The summed E-state index contributed by atoms with van der Waals surface area (Å²) in [5.74, 6) is 0. The molecule has 0 spiro atoms. The van der Waals surface area contributed by atoms with Gasteiger partial charge in [0.2, 0.25) is 0 Å². The van der Waals surface area contributed by atoms with Crippen LogP contribution in [0.1, 0.15) is 19.0 Å². The number of hydrogen-bond acceptors (Lipinski definition) is 0. The van der Waals surface area contributed by atoms with Gasteiger partial charge in [0.1, 0.15) is 0 Å². The molecule has 0 aromatic carbocycles. The fraction of sp³-hybridized carbons (Fsp3) is 0.273. The van der Waals surface area contributed by atoms with Gasteiger partial charge in [-0.2, -0.15) is 0 Å². The minimum Gasteiger partial charge on any atom is -0.359 e. The van der Waals surface area contributed by atoms with Crippen molar-refractivity contribution in [3.8, 4) is 0 Å². The lowest BCUT2D eigenvalue weighted by Crippen LogP contribution is -2.21. The van der Waals surface area contributed by atoms with Crippen molar-refractivity contribution in [2.24, 2.45) is 0 Å². The Morgan fingerprint density at radius 3 is 2.92 bits per heavy atom. The van der Waals surface area contributed by atoms with E-state index in [1.54, 1.807) is 6.08 Å². The van der Waals surface area contributed by atoms with Gasteiger partial charge in [0.15, 0.2) is 0 Å². The summed E-state index contributed by atoms with van der Waals surface area (Å²) in [4.78, 5) is 3.27. The number of rotatable bonds is 2. The van der Waals surface area contributed by atoms with Crippen LogP contribution < -0.4 is 10.6 Å². The molecule has 1 N–H and O–H groups in total. The van der Waals surface area contributed by atoms with Crippen molar-refractivity contribution >= 4 is 12.2 Å². The van der Waals surface area contributed by atoms with E-state index in [0.717, 1.165) is 11.8 Å². The van der Waals surface area contributed by atoms with E-state index in [4.69, 9.17) is 0 Å². The number of hydrogen-bond donors (Lipinski definition) is 1. The van der Waals surface area contributed by atoms with Gasteiger partial charge in [-0.25, -0.2) is 0 Å². The Morgan fingerprint density at radius 1 is 1.58 bits per heavy atom. The zero-order valence-electron chi connectivity index (χ0n) is 7.72. The van der Waals surface area contributed by atoms with Crippen LogP contribution >= 0.6 is 0 Å². The molecule has 0 unspecified atom stereocenters. The molecular weight excluding hydrogens is 146 g/mol. The number of nitrogens with one attached hydrogen (secondary N) is 1. The Morgan fingerprint density at radius 2 is 2.33 bits per heavy atom. The van der Waals surface area contributed by atoms with E-state index in [1.165, 1.54) is 10.9 Å². The first-order valence-corrected chi connectivity index (χ1v) is 4.26. The van der Waals surface area contributed by atoms with Crippen LogP contribution in [-0.4, -0.2) is 4.98 Å². The third-order valence-electron chi connectivity index (χ3n) is 1.72. The predicted octanol–water partition coefficient (Wildman–Crippen LogP) is 1.48. The van der Waals surface area contributed by atoms with Crippen molar-refractivity contribution < 1.29 is 0 Å². The second kappa shape index (κ2) is 3.96. The summed E-state index contributed by atoms with van der Waals surface area (Å²) < 4.78 is 0. The topological polar surface area (TPSA) is 15.8 Å². The predicted molar refractivity (Wildman–Crippen MR) is 54.2 cm³/mol. The zero-order chi connectivity index (χ0) is 8.97. The minimum atomic E-state index is 1.06. The summed E-state index contributed by atoms with van der Waals surface area (Å²) in [5, 5.41) is 2.43. The van der Waals surface area contributed by atoms with Crippen LogP contribution in [0.5, 0.6) is 0 Å². The lowest BCUT2D eigenvalue weighted by atomic mass is 10.3. The average Bonchev–Trinajstić information content (AvgIpc) is 2.33. The van der Waals surface area contributed by atoms with Gasteiger partial charge in [-0.3, -0.25) is 0 Å². The zero-order valence-corrected chi connectivity index (χ0v) is 7.72. The van der Waals surface area contributed by atoms with Crippen molar-refractivity contribution in [2.75, 3.05) is 0 Å². The molecule has 0 aliphatic rings. The molecule has 1 heteroatoms. The molecular formula is C11H15N. The van der Waals surface area contributed by atoms with Crippen LogP contribution in [0.3, 0.4) is 0 Å². The molecule has 1 aromatic heterocycles. The molecule has 0 saturated heterocycles. The molecule has 1 nitrogen and oxygen atoms in total. The Labute approximate surface area is 73.1 Å². The summed E-state index contributed by atoms with van der Waals surface area (Å²) in [6, 6.07) is 2.15. The Kier molecular flexibility index (Phi) is 2.92. The molecule has 1 rings (SSSR count). The highest BCUT2D eigenvalue weighted by molar-refractivity contribution is 5.37. The molecule has 0 aliphatic carbocycles. The van der Waals surface area contributed by atoms with Crippen LogP contribution in [0.4, 0.5) is 0 Å².